The maximum atomic E-state index is 12.5. The second kappa shape index (κ2) is 7.84. The summed E-state index contributed by atoms with van der Waals surface area (Å²) in [5.74, 6) is 1.34. The first-order valence-corrected chi connectivity index (χ1v) is 9.33. The van der Waals surface area contributed by atoms with E-state index in [1.165, 1.54) is 0 Å². The molecule has 0 radical (unpaired) electrons. The van der Waals surface area contributed by atoms with Crippen molar-refractivity contribution in [1.29, 1.82) is 0 Å². The van der Waals surface area contributed by atoms with Crippen molar-refractivity contribution in [3.05, 3.63) is 65.9 Å². The summed E-state index contributed by atoms with van der Waals surface area (Å²) < 4.78 is 17.1. The molecule has 0 bridgehead atoms. The summed E-state index contributed by atoms with van der Waals surface area (Å²) in [4.78, 5) is 12.5. The SMILES string of the molecule is C[C@@H](NC(=O)c1ccc(OC[C@@H]2CCCO2)cc1)c1cc2ccccc2o1. The highest BCUT2D eigenvalue weighted by molar-refractivity contribution is 5.94. The van der Waals surface area contributed by atoms with Gasteiger partial charge in [-0.2, -0.15) is 0 Å². The van der Waals surface area contributed by atoms with Crippen molar-refractivity contribution in [3.63, 3.8) is 0 Å². The fourth-order valence-corrected chi connectivity index (χ4v) is 3.23. The molecular weight excluding hydrogens is 342 g/mol. The van der Waals surface area contributed by atoms with E-state index in [1.54, 1.807) is 12.1 Å². The number of benzene rings is 2. The zero-order valence-electron chi connectivity index (χ0n) is 15.3. The Balaban J connectivity index is 1.35. The van der Waals surface area contributed by atoms with Crippen molar-refractivity contribution >= 4 is 16.9 Å². The van der Waals surface area contributed by atoms with Gasteiger partial charge in [0.25, 0.3) is 5.91 Å². The van der Waals surface area contributed by atoms with Crippen LogP contribution >= 0.6 is 0 Å². The molecule has 1 aromatic heterocycles. The Kier molecular flexibility index (Phi) is 5.12. The third-order valence-electron chi connectivity index (χ3n) is 4.80. The molecule has 2 atom stereocenters. The van der Waals surface area contributed by atoms with Crippen LogP contribution in [0.25, 0.3) is 11.0 Å². The molecule has 1 aliphatic rings. The number of ether oxygens (including phenoxy) is 2. The number of para-hydroxylation sites is 1. The molecule has 0 aliphatic carbocycles. The van der Waals surface area contributed by atoms with E-state index in [0.717, 1.165) is 41.9 Å². The summed E-state index contributed by atoms with van der Waals surface area (Å²) in [7, 11) is 0. The number of hydrogen-bond donors (Lipinski definition) is 1. The Labute approximate surface area is 158 Å². The van der Waals surface area contributed by atoms with Crippen LogP contribution in [0.5, 0.6) is 5.75 Å². The van der Waals surface area contributed by atoms with Gasteiger partial charge in [0, 0.05) is 17.6 Å². The fourth-order valence-electron chi connectivity index (χ4n) is 3.23. The lowest BCUT2D eigenvalue weighted by molar-refractivity contribution is 0.0679. The predicted molar refractivity (Wildman–Crippen MR) is 103 cm³/mol. The Morgan fingerprint density at radius 1 is 1.22 bits per heavy atom. The van der Waals surface area contributed by atoms with E-state index in [9.17, 15) is 4.79 Å². The number of amides is 1. The number of carbonyl (C=O) groups excluding carboxylic acids is 1. The highest BCUT2D eigenvalue weighted by Crippen LogP contribution is 2.24. The molecule has 140 valence electrons. The van der Waals surface area contributed by atoms with E-state index in [1.807, 2.05) is 49.4 Å². The summed E-state index contributed by atoms with van der Waals surface area (Å²) in [5, 5.41) is 4.01. The quantitative estimate of drug-likeness (QED) is 0.700. The highest BCUT2D eigenvalue weighted by Gasteiger charge is 2.17. The summed E-state index contributed by atoms with van der Waals surface area (Å²) in [6.07, 6.45) is 2.31. The van der Waals surface area contributed by atoms with E-state index in [2.05, 4.69) is 5.32 Å². The van der Waals surface area contributed by atoms with E-state index in [0.29, 0.717) is 12.2 Å². The van der Waals surface area contributed by atoms with Gasteiger partial charge in [-0.15, -0.1) is 0 Å². The number of furan rings is 1. The summed E-state index contributed by atoms with van der Waals surface area (Å²) >= 11 is 0. The van der Waals surface area contributed by atoms with Crippen LogP contribution < -0.4 is 10.1 Å². The minimum absolute atomic E-state index is 0.145. The Morgan fingerprint density at radius 2 is 2.04 bits per heavy atom. The second-order valence-corrected chi connectivity index (χ2v) is 6.85. The molecule has 1 amide bonds. The minimum atomic E-state index is -0.222. The van der Waals surface area contributed by atoms with E-state index >= 15 is 0 Å². The maximum Gasteiger partial charge on any atom is 0.251 e. The molecule has 2 heterocycles. The molecule has 1 aliphatic heterocycles. The van der Waals surface area contributed by atoms with E-state index < -0.39 is 0 Å². The fraction of sp³-hybridized carbons (Fsp3) is 0.318. The van der Waals surface area contributed by atoms with Crippen LogP contribution in [0.4, 0.5) is 0 Å². The van der Waals surface area contributed by atoms with Gasteiger partial charge in [-0.3, -0.25) is 4.79 Å². The Hall–Kier alpha value is -2.79. The maximum absolute atomic E-state index is 12.5. The molecule has 1 N–H and O–H groups in total. The largest absolute Gasteiger partial charge is 0.491 e. The van der Waals surface area contributed by atoms with Crippen molar-refractivity contribution in [2.45, 2.75) is 31.9 Å². The lowest BCUT2D eigenvalue weighted by Gasteiger charge is -2.13. The predicted octanol–water partition coefficient (Wildman–Crippen LogP) is 4.48. The molecule has 0 spiro atoms. The number of fused-ring (bicyclic) bond motifs is 1. The van der Waals surface area contributed by atoms with Crippen LogP contribution in [0.2, 0.25) is 0 Å². The average Bonchev–Trinajstić information content (AvgIpc) is 3.36. The van der Waals surface area contributed by atoms with Gasteiger partial charge < -0.3 is 19.2 Å². The van der Waals surface area contributed by atoms with Crippen molar-refractivity contribution in [3.8, 4) is 5.75 Å². The number of carbonyl (C=O) groups is 1. The molecule has 5 heteroatoms. The molecule has 2 aromatic carbocycles. The summed E-state index contributed by atoms with van der Waals surface area (Å²) in [5.41, 5.74) is 1.41. The van der Waals surface area contributed by atoms with Gasteiger partial charge >= 0.3 is 0 Å². The first-order valence-electron chi connectivity index (χ1n) is 9.33. The molecule has 3 aromatic rings. The van der Waals surface area contributed by atoms with Gasteiger partial charge in [-0.1, -0.05) is 18.2 Å². The molecule has 0 unspecified atom stereocenters. The van der Waals surface area contributed by atoms with Gasteiger partial charge in [0.15, 0.2) is 0 Å². The first kappa shape index (κ1) is 17.6. The smallest absolute Gasteiger partial charge is 0.251 e. The zero-order chi connectivity index (χ0) is 18.6. The van der Waals surface area contributed by atoms with E-state index in [-0.39, 0.29) is 18.1 Å². The van der Waals surface area contributed by atoms with Crippen LogP contribution in [-0.4, -0.2) is 25.2 Å². The monoisotopic (exact) mass is 365 g/mol. The van der Waals surface area contributed by atoms with Crippen molar-refractivity contribution in [2.24, 2.45) is 0 Å². The van der Waals surface area contributed by atoms with Crippen LogP contribution in [-0.2, 0) is 4.74 Å². The Morgan fingerprint density at radius 3 is 2.78 bits per heavy atom. The van der Waals surface area contributed by atoms with Gasteiger partial charge in [0.2, 0.25) is 0 Å². The van der Waals surface area contributed by atoms with Gasteiger partial charge in [-0.05, 0) is 56.2 Å². The average molecular weight is 365 g/mol. The normalized spacial score (nSPS) is 17.7. The summed E-state index contributed by atoms with van der Waals surface area (Å²) in [6, 6.07) is 16.7. The topological polar surface area (TPSA) is 60.7 Å². The second-order valence-electron chi connectivity index (χ2n) is 6.85. The van der Waals surface area contributed by atoms with Crippen LogP contribution in [0, 0.1) is 0 Å². The van der Waals surface area contributed by atoms with E-state index in [4.69, 9.17) is 13.9 Å². The van der Waals surface area contributed by atoms with Gasteiger partial charge in [-0.25, -0.2) is 0 Å². The van der Waals surface area contributed by atoms with Crippen molar-refractivity contribution in [1.82, 2.24) is 5.32 Å². The molecule has 5 nitrogen and oxygen atoms in total. The third kappa shape index (κ3) is 4.14. The molecular formula is C22H23NO4. The lowest BCUT2D eigenvalue weighted by atomic mass is 10.1. The first-order chi connectivity index (χ1) is 13.2. The molecule has 0 saturated carbocycles. The van der Waals surface area contributed by atoms with Gasteiger partial charge in [0.1, 0.15) is 23.7 Å². The number of hydrogen-bond acceptors (Lipinski definition) is 4. The summed E-state index contributed by atoms with van der Waals surface area (Å²) in [6.45, 7) is 3.28. The highest BCUT2D eigenvalue weighted by atomic mass is 16.5. The number of nitrogens with one attached hydrogen (secondary N) is 1. The van der Waals surface area contributed by atoms with Crippen molar-refractivity contribution in [2.75, 3.05) is 13.2 Å². The number of rotatable bonds is 6. The van der Waals surface area contributed by atoms with Crippen LogP contribution in [0.15, 0.2) is 59.0 Å². The third-order valence-corrected chi connectivity index (χ3v) is 4.80. The van der Waals surface area contributed by atoms with Crippen LogP contribution in [0.1, 0.15) is 41.9 Å². The lowest BCUT2D eigenvalue weighted by Crippen LogP contribution is -2.26. The molecule has 27 heavy (non-hydrogen) atoms. The standard InChI is InChI=1S/C22H23NO4/c1-15(21-13-17-5-2-3-7-20(17)27-21)23-22(24)16-8-10-18(11-9-16)26-14-19-6-4-12-25-19/h2-3,5,7-11,13,15,19H,4,6,12,14H2,1H3,(H,23,24)/t15-,19+/m1/s1. The minimum Gasteiger partial charge on any atom is -0.491 e. The van der Waals surface area contributed by atoms with Crippen molar-refractivity contribution < 1.29 is 18.7 Å². The molecule has 4 rings (SSSR count). The van der Waals surface area contributed by atoms with Gasteiger partial charge in [0.05, 0.1) is 12.1 Å². The molecule has 1 saturated heterocycles. The zero-order valence-corrected chi connectivity index (χ0v) is 15.3. The Bertz CT molecular complexity index is 876. The molecule has 1 fully saturated rings. The van der Waals surface area contributed by atoms with Crippen LogP contribution in [0.3, 0.4) is 0 Å².